The summed E-state index contributed by atoms with van der Waals surface area (Å²) in [6, 6.07) is 2.00. The van der Waals surface area contributed by atoms with Gasteiger partial charge in [0, 0.05) is 0 Å². The van der Waals surface area contributed by atoms with Crippen LogP contribution in [-0.4, -0.2) is 5.11 Å². The van der Waals surface area contributed by atoms with Crippen molar-refractivity contribution in [3.05, 3.63) is 22.4 Å². The maximum atomic E-state index is 9.72. The lowest BCUT2D eigenvalue weighted by Crippen LogP contribution is -2.02. The van der Waals surface area contributed by atoms with Gasteiger partial charge in [-0.1, -0.05) is 20.3 Å². The third-order valence-electron chi connectivity index (χ3n) is 2.25. The van der Waals surface area contributed by atoms with Crippen molar-refractivity contribution in [3.63, 3.8) is 0 Å². The predicted octanol–water partition coefficient (Wildman–Crippen LogP) is 3.22. The zero-order valence-corrected chi connectivity index (χ0v) is 8.47. The van der Waals surface area contributed by atoms with E-state index >= 15 is 0 Å². The largest absolute Gasteiger partial charge is 0.388 e. The molecule has 0 spiro atoms. The molecule has 0 aliphatic rings. The lowest BCUT2D eigenvalue weighted by atomic mass is 9.98. The fraction of sp³-hybridized carbons (Fsp3) is 0.600. The summed E-state index contributed by atoms with van der Waals surface area (Å²) in [4.78, 5) is 0. The van der Waals surface area contributed by atoms with Crippen LogP contribution in [0, 0.1) is 5.92 Å². The average Bonchev–Trinajstić information content (AvgIpc) is 2.56. The van der Waals surface area contributed by atoms with Gasteiger partial charge < -0.3 is 5.11 Å². The van der Waals surface area contributed by atoms with Crippen molar-refractivity contribution in [1.29, 1.82) is 0 Å². The number of aliphatic hydroxyl groups is 1. The van der Waals surface area contributed by atoms with Crippen molar-refractivity contribution in [1.82, 2.24) is 0 Å². The fourth-order valence-electron chi connectivity index (χ4n) is 1.15. The van der Waals surface area contributed by atoms with Gasteiger partial charge in [0.2, 0.25) is 0 Å². The van der Waals surface area contributed by atoms with Gasteiger partial charge in [0.1, 0.15) is 0 Å². The summed E-state index contributed by atoms with van der Waals surface area (Å²) in [5.74, 6) is 0.611. The van der Waals surface area contributed by atoms with Crippen molar-refractivity contribution in [2.24, 2.45) is 5.92 Å². The topological polar surface area (TPSA) is 20.2 Å². The van der Waals surface area contributed by atoms with E-state index in [2.05, 4.69) is 13.8 Å². The van der Waals surface area contributed by atoms with Crippen LogP contribution < -0.4 is 0 Å². The van der Waals surface area contributed by atoms with Gasteiger partial charge in [-0.15, -0.1) is 0 Å². The molecule has 0 radical (unpaired) electrons. The molecule has 1 heterocycles. The van der Waals surface area contributed by atoms with E-state index in [1.54, 1.807) is 11.3 Å². The van der Waals surface area contributed by atoms with Crippen LogP contribution in [0.4, 0.5) is 0 Å². The number of thiophene rings is 1. The third kappa shape index (κ3) is 2.61. The molecule has 0 saturated carbocycles. The quantitative estimate of drug-likeness (QED) is 0.761. The molecular formula is C10H16OS. The molecule has 1 nitrogen and oxygen atoms in total. The Kier molecular flexibility index (Phi) is 3.76. The molecule has 0 fully saturated rings. The molecule has 1 N–H and O–H groups in total. The summed E-state index contributed by atoms with van der Waals surface area (Å²) >= 11 is 1.64. The maximum absolute atomic E-state index is 9.72. The van der Waals surface area contributed by atoms with Crippen molar-refractivity contribution >= 4 is 11.3 Å². The number of aliphatic hydroxyl groups excluding tert-OH is 1. The van der Waals surface area contributed by atoms with Crippen LogP contribution in [0.1, 0.15) is 38.4 Å². The standard InChI is InChI=1S/C10H16OS/c1-3-8(2)6-10(11)9-4-5-12-7-9/h4-5,7-8,10-11H,3,6H2,1-2H3. The minimum atomic E-state index is -0.258. The van der Waals surface area contributed by atoms with E-state index in [-0.39, 0.29) is 6.10 Å². The van der Waals surface area contributed by atoms with E-state index in [1.165, 1.54) is 0 Å². The predicted molar refractivity (Wildman–Crippen MR) is 53.4 cm³/mol. The van der Waals surface area contributed by atoms with Crippen molar-refractivity contribution in [3.8, 4) is 0 Å². The Labute approximate surface area is 78.1 Å². The van der Waals surface area contributed by atoms with Crippen LogP contribution >= 0.6 is 11.3 Å². The molecule has 1 aromatic heterocycles. The maximum Gasteiger partial charge on any atom is 0.0800 e. The Morgan fingerprint density at radius 1 is 1.58 bits per heavy atom. The highest BCUT2D eigenvalue weighted by molar-refractivity contribution is 7.07. The highest BCUT2D eigenvalue weighted by atomic mass is 32.1. The van der Waals surface area contributed by atoms with Gasteiger partial charge in [0.25, 0.3) is 0 Å². The lowest BCUT2D eigenvalue weighted by Gasteiger charge is -2.13. The first-order valence-corrected chi connectivity index (χ1v) is 5.38. The summed E-state index contributed by atoms with van der Waals surface area (Å²) in [6.45, 7) is 4.33. The zero-order valence-electron chi connectivity index (χ0n) is 7.66. The van der Waals surface area contributed by atoms with Crippen LogP contribution in [0.15, 0.2) is 16.8 Å². The summed E-state index contributed by atoms with van der Waals surface area (Å²) in [5.41, 5.74) is 1.07. The van der Waals surface area contributed by atoms with Crippen LogP contribution in [0.5, 0.6) is 0 Å². The van der Waals surface area contributed by atoms with Gasteiger partial charge in [-0.25, -0.2) is 0 Å². The minimum absolute atomic E-state index is 0.258. The molecule has 1 rings (SSSR count). The molecule has 0 saturated heterocycles. The number of rotatable bonds is 4. The first-order chi connectivity index (χ1) is 5.74. The molecule has 2 atom stereocenters. The van der Waals surface area contributed by atoms with Crippen LogP contribution in [-0.2, 0) is 0 Å². The molecule has 68 valence electrons. The highest BCUT2D eigenvalue weighted by Gasteiger charge is 2.10. The first-order valence-electron chi connectivity index (χ1n) is 4.44. The van der Waals surface area contributed by atoms with Gasteiger partial charge in [0.05, 0.1) is 6.10 Å². The van der Waals surface area contributed by atoms with Gasteiger partial charge in [0.15, 0.2) is 0 Å². The van der Waals surface area contributed by atoms with Crippen molar-refractivity contribution < 1.29 is 5.11 Å². The van der Waals surface area contributed by atoms with E-state index in [9.17, 15) is 5.11 Å². The Balaban J connectivity index is 2.44. The van der Waals surface area contributed by atoms with Gasteiger partial charge in [-0.2, -0.15) is 11.3 Å². The van der Waals surface area contributed by atoms with E-state index in [4.69, 9.17) is 0 Å². The van der Waals surface area contributed by atoms with Gasteiger partial charge in [-0.3, -0.25) is 0 Å². The second kappa shape index (κ2) is 4.63. The fourth-order valence-corrected chi connectivity index (χ4v) is 1.86. The second-order valence-corrected chi connectivity index (χ2v) is 4.10. The van der Waals surface area contributed by atoms with Crippen LogP contribution in [0.2, 0.25) is 0 Å². The molecule has 0 amide bonds. The molecule has 12 heavy (non-hydrogen) atoms. The van der Waals surface area contributed by atoms with Crippen LogP contribution in [0.3, 0.4) is 0 Å². The lowest BCUT2D eigenvalue weighted by molar-refractivity contribution is 0.147. The van der Waals surface area contributed by atoms with Crippen molar-refractivity contribution in [2.45, 2.75) is 32.8 Å². The number of hydrogen-bond donors (Lipinski definition) is 1. The number of hydrogen-bond acceptors (Lipinski definition) is 2. The molecule has 1 aromatic rings. The summed E-state index contributed by atoms with van der Waals surface area (Å²) in [7, 11) is 0. The SMILES string of the molecule is CCC(C)CC(O)c1ccsc1. The van der Waals surface area contributed by atoms with E-state index in [1.807, 2.05) is 16.8 Å². The molecule has 0 bridgehead atoms. The van der Waals surface area contributed by atoms with E-state index < -0.39 is 0 Å². The molecular weight excluding hydrogens is 168 g/mol. The summed E-state index contributed by atoms with van der Waals surface area (Å²) < 4.78 is 0. The van der Waals surface area contributed by atoms with Crippen molar-refractivity contribution in [2.75, 3.05) is 0 Å². The van der Waals surface area contributed by atoms with E-state index in [0.717, 1.165) is 18.4 Å². The Morgan fingerprint density at radius 2 is 2.33 bits per heavy atom. The normalized spacial score (nSPS) is 15.9. The first kappa shape index (κ1) is 9.75. The zero-order chi connectivity index (χ0) is 8.97. The van der Waals surface area contributed by atoms with Crippen LogP contribution in [0.25, 0.3) is 0 Å². The monoisotopic (exact) mass is 184 g/mol. The minimum Gasteiger partial charge on any atom is -0.388 e. The Bertz CT molecular complexity index is 206. The molecule has 0 aromatic carbocycles. The van der Waals surface area contributed by atoms with Gasteiger partial charge >= 0.3 is 0 Å². The molecule has 2 heteroatoms. The molecule has 0 aliphatic heterocycles. The summed E-state index contributed by atoms with van der Waals surface area (Å²) in [5, 5.41) is 13.7. The molecule has 2 unspecified atom stereocenters. The summed E-state index contributed by atoms with van der Waals surface area (Å²) in [6.07, 6.45) is 1.76. The molecule has 0 aliphatic carbocycles. The highest BCUT2D eigenvalue weighted by Crippen LogP contribution is 2.24. The second-order valence-electron chi connectivity index (χ2n) is 3.32. The smallest absolute Gasteiger partial charge is 0.0800 e. The van der Waals surface area contributed by atoms with Gasteiger partial charge in [-0.05, 0) is 34.7 Å². The average molecular weight is 184 g/mol. The Morgan fingerprint density at radius 3 is 2.83 bits per heavy atom. The van der Waals surface area contributed by atoms with E-state index in [0.29, 0.717) is 5.92 Å². The third-order valence-corrected chi connectivity index (χ3v) is 2.95. The Hall–Kier alpha value is -0.340.